The van der Waals surface area contributed by atoms with Crippen LogP contribution in [0.2, 0.25) is 0 Å². The summed E-state index contributed by atoms with van der Waals surface area (Å²) in [5.74, 6) is -0.472. The average molecular weight is 586 g/mol. The molecule has 3 heterocycles. The van der Waals surface area contributed by atoms with Crippen molar-refractivity contribution in [2.75, 3.05) is 20.3 Å². The Hall–Kier alpha value is -4.87. The van der Waals surface area contributed by atoms with Crippen LogP contribution in [0.25, 0.3) is 28.2 Å². The molecule has 0 saturated heterocycles. The number of tetrazole rings is 1. The SMILES string of the molecule is CCCCc1nc2c(n1-c1ccc(-c3ccccc3-c3nn[nH]n3)cc1)C(C)(C(=O)OC)N(C(=O)CC(=O)OCC)CC2. The van der Waals surface area contributed by atoms with Crippen molar-refractivity contribution in [3.05, 3.63) is 65.7 Å². The Morgan fingerprint density at radius 3 is 2.44 bits per heavy atom. The van der Waals surface area contributed by atoms with Crippen LogP contribution in [0.4, 0.5) is 0 Å². The number of carbonyl (C=O) groups is 3. The van der Waals surface area contributed by atoms with E-state index in [1.165, 1.54) is 12.0 Å². The highest BCUT2D eigenvalue weighted by Gasteiger charge is 2.52. The summed E-state index contributed by atoms with van der Waals surface area (Å²) in [6.07, 6.45) is 2.49. The van der Waals surface area contributed by atoms with Gasteiger partial charge in [-0.1, -0.05) is 49.7 Å². The minimum Gasteiger partial charge on any atom is -0.467 e. The standard InChI is InChI=1S/C31H35N7O5/c1-5-7-12-25-32-24-17-18-37(26(39)19-27(40)43-6-2)31(3,30(41)42-4)28(24)38(25)21-15-13-20(14-16-21)22-10-8-9-11-23(22)29-33-35-36-34-29/h8-11,13-16H,5-7,12,17-19H2,1-4H3,(H,33,34,35,36). The maximum absolute atomic E-state index is 13.6. The van der Waals surface area contributed by atoms with Crippen molar-refractivity contribution in [3.8, 4) is 28.2 Å². The topological polar surface area (TPSA) is 145 Å². The minimum atomic E-state index is -1.52. The molecule has 4 aromatic rings. The summed E-state index contributed by atoms with van der Waals surface area (Å²) >= 11 is 0. The van der Waals surface area contributed by atoms with Crippen LogP contribution in [-0.4, -0.2) is 73.2 Å². The van der Waals surface area contributed by atoms with Crippen molar-refractivity contribution >= 4 is 17.8 Å². The molecule has 1 aliphatic rings. The van der Waals surface area contributed by atoms with Gasteiger partial charge in [0.1, 0.15) is 12.2 Å². The molecule has 0 spiro atoms. The largest absolute Gasteiger partial charge is 0.467 e. The molecule has 12 heteroatoms. The predicted octanol–water partition coefficient (Wildman–Crippen LogP) is 3.79. The van der Waals surface area contributed by atoms with Crippen LogP contribution < -0.4 is 0 Å². The summed E-state index contributed by atoms with van der Waals surface area (Å²) in [5.41, 5.74) is 3.27. The molecular formula is C31H35N7O5. The van der Waals surface area contributed by atoms with E-state index in [0.717, 1.165) is 46.7 Å². The highest BCUT2D eigenvalue weighted by Crippen LogP contribution is 2.40. The fraction of sp³-hybridized carbons (Fsp3) is 0.387. The van der Waals surface area contributed by atoms with Crippen LogP contribution in [-0.2, 0) is 42.2 Å². The molecule has 1 unspecified atom stereocenters. The summed E-state index contributed by atoms with van der Waals surface area (Å²) in [5, 5.41) is 14.5. The molecule has 0 aliphatic carbocycles. The molecule has 1 amide bonds. The van der Waals surface area contributed by atoms with E-state index in [1.54, 1.807) is 13.8 Å². The van der Waals surface area contributed by atoms with Crippen molar-refractivity contribution < 1.29 is 23.9 Å². The zero-order chi connectivity index (χ0) is 30.6. The molecule has 2 aromatic carbocycles. The van der Waals surface area contributed by atoms with E-state index in [2.05, 4.69) is 27.5 Å². The number of amides is 1. The van der Waals surface area contributed by atoms with Gasteiger partial charge in [-0.15, -0.1) is 10.2 Å². The number of hydrogen-bond donors (Lipinski definition) is 1. The van der Waals surface area contributed by atoms with Crippen LogP contribution in [0.15, 0.2) is 48.5 Å². The first kappa shape index (κ1) is 29.6. The van der Waals surface area contributed by atoms with Crippen molar-refractivity contribution in [1.82, 2.24) is 35.1 Å². The summed E-state index contributed by atoms with van der Waals surface area (Å²) in [6, 6.07) is 15.7. The van der Waals surface area contributed by atoms with Crippen molar-refractivity contribution in [1.29, 1.82) is 0 Å². The van der Waals surface area contributed by atoms with Gasteiger partial charge in [0, 0.05) is 30.6 Å². The Morgan fingerprint density at radius 1 is 1.05 bits per heavy atom. The van der Waals surface area contributed by atoms with E-state index in [1.807, 2.05) is 53.1 Å². The Kier molecular flexibility index (Phi) is 8.65. The third-order valence-electron chi connectivity index (χ3n) is 7.78. The first-order chi connectivity index (χ1) is 20.8. The number of aromatic amines is 1. The van der Waals surface area contributed by atoms with Gasteiger partial charge in [-0.25, -0.2) is 9.78 Å². The molecule has 5 rings (SSSR count). The van der Waals surface area contributed by atoms with Gasteiger partial charge < -0.3 is 14.4 Å². The quantitative estimate of drug-likeness (QED) is 0.217. The molecule has 0 fully saturated rings. The maximum Gasteiger partial charge on any atom is 0.337 e. The smallest absolute Gasteiger partial charge is 0.337 e. The fourth-order valence-electron chi connectivity index (χ4n) is 5.75. The van der Waals surface area contributed by atoms with Gasteiger partial charge in [0.15, 0.2) is 5.54 Å². The molecule has 1 N–H and O–H groups in total. The van der Waals surface area contributed by atoms with Crippen LogP contribution >= 0.6 is 0 Å². The monoisotopic (exact) mass is 585 g/mol. The van der Waals surface area contributed by atoms with Crippen LogP contribution in [0.5, 0.6) is 0 Å². The molecule has 12 nitrogen and oxygen atoms in total. The second-order valence-electron chi connectivity index (χ2n) is 10.4. The average Bonchev–Trinajstić information content (AvgIpc) is 3.69. The molecule has 43 heavy (non-hydrogen) atoms. The van der Waals surface area contributed by atoms with Gasteiger partial charge in [0.25, 0.3) is 0 Å². The number of nitrogens with zero attached hydrogens (tertiary/aromatic N) is 6. The van der Waals surface area contributed by atoms with Crippen molar-refractivity contribution in [2.45, 2.75) is 58.4 Å². The second-order valence-corrected chi connectivity index (χ2v) is 10.4. The zero-order valence-electron chi connectivity index (χ0n) is 24.8. The van der Waals surface area contributed by atoms with E-state index >= 15 is 0 Å². The first-order valence-electron chi connectivity index (χ1n) is 14.4. The Labute approximate surface area is 249 Å². The van der Waals surface area contributed by atoms with E-state index in [0.29, 0.717) is 24.4 Å². The number of rotatable bonds is 10. The number of carbonyl (C=O) groups excluding carboxylic acids is 3. The normalized spacial score (nSPS) is 16.0. The third kappa shape index (κ3) is 5.52. The lowest BCUT2D eigenvalue weighted by Crippen LogP contribution is -2.57. The Balaban J connectivity index is 1.62. The lowest BCUT2D eigenvalue weighted by Gasteiger charge is -2.42. The third-order valence-corrected chi connectivity index (χ3v) is 7.78. The number of aryl methyl sites for hydroxylation is 1. The van der Waals surface area contributed by atoms with E-state index < -0.39 is 29.8 Å². The number of unbranched alkanes of at least 4 members (excludes halogenated alkanes) is 1. The summed E-state index contributed by atoms with van der Waals surface area (Å²) < 4.78 is 12.3. The van der Waals surface area contributed by atoms with Crippen LogP contribution in [0.1, 0.15) is 57.2 Å². The Morgan fingerprint density at radius 2 is 1.79 bits per heavy atom. The maximum atomic E-state index is 13.6. The number of aromatic nitrogens is 6. The molecule has 2 aromatic heterocycles. The number of imidazole rings is 1. The van der Waals surface area contributed by atoms with Gasteiger partial charge in [0.2, 0.25) is 11.7 Å². The highest BCUT2D eigenvalue weighted by atomic mass is 16.5. The number of esters is 2. The van der Waals surface area contributed by atoms with Gasteiger partial charge >= 0.3 is 11.9 Å². The summed E-state index contributed by atoms with van der Waals surface area (Å²) in [4.78, 5) is 45.7. The molecule has 0 bridgehead atoms. The molecule has 1 atom stereocenters. The van der Waals surface area contributed by atoms with Gasteiger partial charge in [0.05, 0.1) is 25.1 Å². The zero-order valence-corrected chi connectivity index (χ0v) is 24.8. The second kappa shape index (κ2) is 12.6. The number of nitrogens with one attached hydrogen (secondary N) is 1. The molecular weight excluding hydrogens is 550 g/mol. The van der Waals surface area contributed by atoms with Crippen molar-refractivity contribution in [3.63, 3.8) is 0 Å². The summed E-state index contributed by atoms with van der Waals surface area (Å²) in [7, 11) is 1.30. The molecule has 1 aliphatic heterocycles. The minimum absolute atomic E-state index is 0.160. The summed E-state index contributed by atoms with van der Waals surface area (Å²) in [6.45, 7) is 5.83. The molecule has 0 saturated carbocycles. The van der Waals surface area contributed by atoms with Gasteiger partial charge in [-0.2, -0.15) is 5.21 Å². The number of H-pyrrole nitrogens is 1. The van der Waals surface area contributed by atoms with Gasteiger partial charge in [-0.3, -0.25) is 14.2 Å². The first-order valence-corrected chi connectivity index (χ1v) is 14.4. The fourth-order valence-corrected chi connectivity index (χ4v) is 5.75. The van der Waals surface area contributed by atoms with Crippen molar-refractivity contribution in [2.24, 2.45) is 0 Å². The van der Waals surface area contributed by atoms with Crippen LogP contribution in [0, 0.1) is 0 Å². The molecule has 0 radical (unpaired) electrons. The number of benzene rings is 2. The molecule has 224 valence electrons. The van der Waals surface area contributed by atoms with Crippen LogP contribution in [0.3, 0.4) is 0 Å². The Bertz CT molecular complexity index is 1610. The lowest BCUT2D eigenvalue weighted by atomic mass is 9.87. The number of hydrogen-bond acceptors (Lipinski definition) is 9. The van der Waals surface area contributed by atoms with E-state index in [9.17, 15) is 14.4 Å². The lowest BCUT2D eigenvalue weighted by molar-refractivity contribution is -0.165. The number of ether oxygens (including phenoxy) is 2. The van der Waals surface area contributed by atoms with E-state index in [-0.39, 0.29) is 13.2 Å². The number of fused-ring (bicyclic) bond motifs is 1. The highest BCUT2D eigenvalue weighted by molar-refractivity contribution is 5.98. The predicted molar refractivity (Wildman–Crippen MR) is 157 cm³/mol. The van der Waals surface area contributed by atoms with Gasteiger partial charge in [-0.05, 0) is 48.7 Å². The van der Waals surface area contributed by atoms with E-state index in [4.69, 9.17) is 14.5 Å². The number of methoxy groups -OCH3 is 1.